The largest absolute Gasteiger partial charge is 0.381 e. The highest BCUT2D eigenvalue weighted by Crippen LogP contribution is 2.23. The zero-order valence-corrected chi connectivity index (χ0v) is 11.4. The van der Waals surface area contributed by atoms with E-state index in [1.165, 1.54) is 0 Å². The number of methoxy groups -OCH3 is 1. The van der Waals surface area contributed by atoms with Gasteiger partial charge in [0.2, 0.25) is 0 Å². The third-order valence-corrected chi connectivity index (χ3v) is 3.97. The molecule has 2 unspecified atom stereocenters. The number of aromatic nitrogens is 1. The predicted octanol–water partition coefficient (Wildman–Crippen LogP) is 1.67. The van der Waals surface area contributed by atoms with Crippen LogP contribution in [0.5, 0.6) is 0 Å². The van der Waals surface area contributed by atoms with Gasteiger partial charge in [-0.05, 0) is 24.5 Å². The Balaban J connectivity index is 2.02. The van der Waals surface area contributed by atoms with E-state index in [9.17, 15) is 0 Å². The number of nitrogens with two attached hydrogens (primary N) is 1. The van der Waals surface area contributed by atoms with Gasteiger partial charge in [0.05, 0.1) is 11.1 Å². The van der Waals surface area contributed by atoms with Gasteiger partial charge in [0.15, 0.2) is 0 Å². The number of hydrogen-bond acceptors (Lipinski definition) is 4. The van der Waals surface area contributed by atoms with Crippen LogP contribution in [0.4, 0.5) is 0 Å². The van der Waals surface area contributed by atoms with Crippen LogP contribution in [0.15, 0.2) is 18.5 Å². The molecule has 2 N–H and O–H groups in total. The minimum atomic E-state index is 0.336. The average Bonchev–Trinajstić information content (AvgIpc) is 2.41. The zero-order valence-electron chi connectivity index (χ0n) is 10.7. The molecule has 1 aromatic rings. The van der Waals surface area contributed by atoms with Gasteiger partial charge in [-0.3, -0.25) is 9.88 Å². The topological polar surface area (TPSA) is 51.4 Å². The molecular formula is C13H20ClN3O. The van der Waals surface area contributed by atoms with Crippen molar-refractivity contribution in [1.29, 1.82) is 0 Å². The molecule has 0 aromatic carbocycles. The average molecular weight is 270 g/mol. The smallest absolute Gasteiger partial charge is 0.0634 e. The van der Waals surface area contributed by atoms with Gasteiger partial charge in [0, 0.05) is 45.2 Å². The Kier molecular flexibility index (Phi) is 4.95. The minimum absolute atomic E-state index is 0.336. The van der Waals surface area contributed by atoms with Crippen LogP contribution in [0.25, 0.3) is 0 Å². The summed E-state index contributed by atoms with van der Waals surface area (Å²) in [6.07, 6.45) is 5.85. The summed E-state index contributed by atoms with van der Waals surface area (Å²) in [4.78, 5) is 6.39. The molecule has 0 bridgehead atoms. The first-order chi connectivity index (χ1) is 8.74. The summed E-state index contributed by atoms with van der Waals surface area (Å²) in [6.45, 7) is 2.49. The van der Waals surface area contributed by atoms with Crippen LogP contribution in [0.2, 0.25) is 5.02 Å². The first-order valence-corrected chi connectivity index (χ1v) is 6.67. The summed E-state index contributed by atoms with van der Waals surface area (Å²) >= 11 is 6.15. The fraction of sp³-hybridized carbons (Fsp3) is 0.615. The van der Waals surface area contributed by atoms with Gasteiger partial charge in [0.1, 0.15) is 0 Å². The summed E-state index contributed by atoms with van der Waals surface area (Å²) in [7, 11) is 1.77. The Hall–Kier alpha value is -0.680. The number of likely N-dealkylation sites (tertiary alicyclic amines) is 1. The summed E-state index contributed by atoms with van der Waals surface area (Å²) in [5.41, 5.74) is 6.97. The van der Waals surface area contributed by atoms with Gasteiger partial charge >= 0.3 is 0 Å². The van der Waals surface area contributed by atoms with Crippen molar-refractivity contribution in [2.45, 2.75) is 31.5 Å². The molecule has 4 nitrogen and oxygen atoms in total. The third kappa shape index (κ3) is 3.20. The molecule has 18 heavy (non-hydrogen) atoms. The molecule has 1 aliphatic heterocycles. The SMILES string of the molecule is COC1CCN(Cc2ccncc2Cl)C(CN)C1. The maximum Gasteiger partial charge on any atom is 0.0634 e. The van der Waals surface area contributed by atoms with Gasteiger partial charge in [-0.15, -0.1) is 0 Å². The van der Waals surface area contributed by atoms with Crippen molar-refractivity contribution in [3.8, 4) is 0 Å². The quantitative estimate of drug-likeness (QED) is 0.904. The lowest BCUT2D eigenvalue weighted by atomic mass is 9.98. The van der Waals surface area contributed by atoms with Crippen molar-refractivity contribution >= 4 is 11.6 Å². The lowest BCUT2D eigenvalue weighted by Crippen LogP contribution is -2.48. The number of hydrogen-bond donors (Lipinski definition) is 1. The van der Waals surface area contributed by atoms with Crippen LogP contribution in [0.1, 0.15) is 18.4 Å². The molecular weight excluding hydrogens is 250 g/mol. The van der Waals surface area contributed by atoms with Crippen LogP contribution in [0.3, 0.4) is 0 Å². The van der Waals surface area contributed by atoms with E-state index in [1.54, 1.807) is 19.5 Å². The van der Waals surface area contributed by atoms with E-state index in [2.05, 4.69) is 9.88 Å². The van der Waals surface area contributed by atoms with Crippen molar-refractivity contribution in [2.24, 2.45) is 5.73 Å². The van der Waals surface area contributed by atoms with Crippen LogP contribution < -0.4 is 5.73 Å². The van der Waals surface area contributed by atoms with E-state index in [-0.39, 0.29) is 0 Å². The highest BCUT2D eigenvalue weighted by molar-refractivity contribution is 6.31. The summed E-state index contributed by atoms with van der Waals surface area (Å²) in [5.74, 6) is 0. The van der Waals surface area contributed by atoms with Crippen molar-refractivity contribution in [2.75, 3.05) is 20.2 Å². The van der Waals surface area contributed by atoms with Crippen molar-refractivity contribution < 1.29 is 4.74 Å². The second kappa shape index (κ2) is 6.48. The van der Waals surface area contributed by atoms with Gasteiger partial charge in [0.25, 0.3) is 0 Å². The second-order valence-electron chi connectivity index (χ2n) is 4.71. The second-order valence-corrected chi connectivity index (χ2v) is 5.12. The molecule has 2 rings (SSSR count). The van der Waals surface area contributed by atoms with Gasteiger partial charge < -0.3 is 10.5 Å². The lowest BCUT2D eigenvalue weighted by molar-refractivity contribution is 0.0102. The molecule has 1 aromatic heterocycles. The molecule has 0 amide bonds. The number of halogens is 1. The van der Waals surface area contributed by atoms with Crippen LogP contribution in [-0.2, 0) is 11.3 Å². The fourth-order valence-corrected chi connectivity index (χ4v) is 2.66. The van der Waals surface area contributed by atoms with Crippen LogP contribution in [-0.4, -0.2) is 42.2 Å². The predicted molar refractivity (Wildman–Crippen MR) is 72.5 cm³/mol. The molecule has 1 fully saturated rings. The Morgan fingerprint density at radius 3 is 3.11 bits per heavy atom. The van der Waals surface area contributed by atoms with Gasteiger partial charge in [-0.25, -0.2) is 0 Å². The van der Waals surface area contributed by atoms with E-state index in [0.29, 0.717) is 18.7 Å². The van der Waals surface area contributed by atoms with Crippen molar-refractivity contribution in [1.82, 2.24) is 9.88 Å². The first kappa shape index (κ1) is 13.7. The fourth-order valence-electron chi connectivity index (χ4n) is 2.48. The molecule has 0 aliphatic carbocycles. The van der Waals surface area contributed by atoms with Crippen LogP contribution in [0, 0.1) is 0 Å². The number of pyridine rings is 1. The molecule has 2 heterocycles. The number of rotatable bonds is 4. The Labute approximate surface area is 113 Å². The van der Waals surface area contributed by atoms with Crippen LogP contribution >= 0.6 is 11.6 Å². The maximum absolute atomic E-state index is 6.15. The van der Waals surface area contributed by atoms with Crippen molar-refractivity contribution in [3.63, 3.8) is 0 Å². The highest BCUT2D eigenvalue weighted by Gasteiger charge is 2.27. The molecule has 0 radical (unpaired) electrons. The normalized spacial score (nSPS) is 25.3. The van der Waals surface area contributed by atoms with Crippen molar-refractivity contribution in [3.05, 3.63) is 29.0 Å². The van der Waals surface area contributed by atoms with Gasteiger partial charge in [-0.1, -0.05) is 11.6 Å². The molecule has 100 valence electrons. The van der Waals surface area contributed by atoms with Gasteiger partial charge in [-0.2, -0.15) is 0 Å². The number of ether oxygens (including phenoxy) is 1. The molecule has 0 spiro atoms. The lowest BCUT2D eigenvalue weighted by Gasteiger charge is -2.38. The summed E-state index contributed by atoms with van der Waals surface area (Å²) in [5, 5.41) is 0.724. The third-order valence-electron chi connectivity index (χ3n) is 3.62. The standard InChI is InChI=1S/C13H20ClN3O/c1-18-12-3-5-17(11(6-12)7-15)9-10-2-4-16-8-13(10)14/h2,4,8,11-12H,3,5-7,9,15H2,1H3. The maximum atomic E-state index is 6.15. The van der Waals surface area contributed by atoms with E-state index < -0.39 is 0 Å². The zero-order chi connectivity index (χ0) is 13.0. The Bertz CT molecular complexity index is 388. The minimum Gasteiger partial charge on any atom is -0.381 e. The molecule has 5 heteroatoms. The molecule has 2 atom stereocenters. The van der Waals surface area contributed by atoms with E-state index in [4.69, 9.17) is 22.1 Å². The molecule has 1 aliphatic rings. The molecule has 0 saturated carbocycles. The summed E-state index contributed by atoms with van der Waals surface area (Å²) in [6, 6.07) is 2.34. The van der Waals surface area contributed by atoms with E-state index in [1.807, 2.05) is 6.07 Å². The first-order valence-electron chi connectivity index (χ1n) is 6.30. The Morgan fingerprint density at radius 1 is 1.61 bits per heavy atom. The van der Waals surface area contributed by atoms with E-state index in [0.717, 1.165) is 36.5 Å². The molecule has 1 saturated heterocycles. The number of piperidine rings is 1. The Morgan fingerprint density at radius 2 is 2.44 bits per heavy atom. The van der Waals surface area contributed by atoms with E-state index >= 15 is 0 Å². The number of nitrogens with zero attached hydrogens (tertiary/aromatic N) is 2. The summed E-state index contributed by atoms with van der Waals surface area (Å²) < 4.78 is 5.43. The monoisotopic (exact) mass is 269 g/mol. The highest BCUT2D eigenvalue weighted by atomic mass is 35.5.